The summed E-state index contributed by atoms with van der Waals surface area (Å²) in [5.74, 6) is 0.236. The molecule has 6 nitrogen and oxygen atoms in total. The second-order valence-corrected chi connectivity index (χ2v) is 7.27. The Morgan fingerprint density at radius 1 is 1.21 bits per heavy atom. The molecule has 1 saturated carbocycles. The van der Waals surface area contributed by atoms with Gasteiger partial charge < -0.3 is 9.47 Å². The molecule has 4 rings (SSSR count). The largest absolute Gasteiger partial charge is 0.490 e. The SMILES string of the molecule is COC(=O)c1cc(Cc2n[nH]c(=O)c3ccc(OC4CCC4)cc23)ccc1Cl. The van der Waals surface area contributed by atoms with Gasteiger partial charge >= 0.3 is 5.97 Å². The van der Waals surface area contributed by atoms with Crippen molar-refractivity contribution in [3.8, 4) is 5.75 Å². The van der Waals surface area contributed by atoms with Gasteiger partial charge in [0.25, 0.3) is 5.56 Å². The van der Waals surface area contributed by atoms with Gasteiger partial charge in [-0.3, -0.25) is 4.79 Å². The maximum atomic E-state index is 12.2. The molecule has 0 saturated heterocycles. The maximum Gasteiger partial charge on any atom is 0.339 e. The molecule has 28 heavy (non-hydrogen) atoms. The first-order chi connectivity index (χ1) is 13.5. The van der Waals surface area contributed by atoms with E-state index in [1.165, 1.54) is 13.5 Å². The lowest BCUT2D eigenvalue weighted by molar-refractivity contribution is 0.0601. The number of esters is 1. The second-order valence-electron chi connectivity index (χ2n) is 6.86. The molecular formula is C21H19ClN2O4. The van der Waals surface area contributed by atoms with Crippen molar-refractivity contribution < 1.29 is 14.3 Å². The minimum Gasteiger partial charge on any atom is -0.490 e. The normalized spacial score (nSPS) is 13.9. The topological polar surface area (TPSA) is 81.3 Å². The Balaban J connectivity index is 1.71. The van der Waals surface area contributed by atoms with Gasteiger partial charge in [-0.2, -0.15) is 5.10 Å². The summed E-state index contributed by atoms with van der Waals surface area (Å²) < 4.78 is 10.7. The molecule has 3 aromatic rings. The van der Waals surface area contributed by atoms with Crippen LogP contribution < -0.4 is 10.3 Å². The molecule has 1 fully saturated rings. The fraction of sp³-hybridized carbons (Fsp3) is 0.286. The quantitative estimate of drug-likeness (QED) is 0.659. The fourth-order valence-electron chi connectivity index (χ4n) is 3.23. The highest BCUT2D eigenvalue weighted by molar-refractivity contribution is 6.33. The number of aromatic amines is 1. The van der Waals surface area contributed by atoms with Crippen molar-refractivity contribution in [2.24, 2.45) is 0 Å². The summed E-state index contributed by atoms with van der Waals surface area (Å²) in [5.41, 5.74) is 1.56. The van der Waals surface area contributed by atoms with Crippen LogP contribution in [-0.2, 0) is 11.2 Å². The summed E-state index contributed by atoms with van der Waals surface area (Å²) in [4.78, 5) is 24.1. The Labute approximate surface area is 166 Å². The van der Waals surface area contributed by atoms with E-state index >= 15 is 0 Å². The van der Waals surface area contributed by atoms with Gasteiger partial charge in [0.2, 0.25) is 0 Å². The van der Waals surface area contributed by atoms with Crippen molar-refractivity contribution in [3.63, 3.8) is 0 Å². The van der Waals surface area contributed by atoms with Gasteiger partial charge in [0.1, 0.15) is 5.75 Å². The van der Waals surface area contributed by atoms with Crippen LogP contribution in [0.15, 0.2) is 41.2 Å². The molecule has 144 valence electrons. The van der Waals surface area contributed by atoms with E-state index in [0.29, 0.717) is 28.1 Å². The van der Waals surface area contributed by atoms with Crippen LogP contribution in [0.5, 0.6) is 5.75 Å². The molecule has 1 heterocycles. The predicted molar refractivity (Wildman–Crippen MR) is 106 cm³/mol. The van der Waals surface area contributed by atoms with Crippen molar-refractivity contribution in [2.75, 3.05) is 7.11 Å². The Bertz CT molecular complexity index is 1110. The maximum absolute atomic E-state index is 12.2. The monoisotopic (exact) mass is 398 g/mol. The number of rotatable bonds is 5. The number of ether oxygens (including phenoxy) is 2. The molecule has 1 aliphatic rings. The minimum atomic E-state index is -0.498. The predicted octanol–water partition coefficient (Wildman–Crippen LogP) is 3.89. The number of hydrogen-bond donors (Lipinski definition) is 1. The molecule has 1 aliphatic carbocycles. The molecule has 7 heteroatoms. The van der Waals surface area contributed by atoms with Crippen LogP contribution in [0, 0.1) is 0 Å². The van der Waals surface area contributed by atoms with Crippen LogP contribution in [-0.4, -0.2) is 29.4 Å². The van der Waals surface area contributed by atoms with Gasteiger partial charge in [0.15, 0.2) is 0 Å². The first-order valence-corrected chi connectivity index (χ1v) is 9.47. The molecule has 0 bridgehead atoms. The molecule has 0 atom stereocenters. The highest BCUT2D eigenvalue weighted by atomic mass is 35.5. The van der Waals surface area contributed by atoms with Gasteiger partial charge in [0.05, 0.1) is 34.9 Å². The van der Waals surface area contributed by atoms with Crippen molar-refractivity contribution in [2.45, 2.75) is 31.8 Å². The molecule has 0 spiro atoms. The van der Waals surface area contributed by atoms with E-state index in [4.69, 9.17) is 21.1 Å². The van der Waals surface area contributed by atoms with Crippen molar-refractivity contribution in [3.05, 3.63) is 68.6 Å². The zero-order valence-electron chi connectivity index (χ0n) is 15.3. The van der Waals surface area contributed by atoms with Crippen molar-refractivity contribution >= 4 is 28.3 Å². The molecule has 1 aromatic heterocycles. The molecule has 0 aliphatic heterocycles. The third-order valence-electron chi connectivity index (χ3n) is 5.00. The number of methoxy groups -OCH3 is 1. The molecule has 0 unspecified atom stereocenters. The summed E-state index contributed by atoms with van der Waals surface area (Å²) >= 11 is 6.10. The number of carbonyl (C=O) groups excluding carboxylic acids is 1. The minimum absolute atomic E-state index is 0.245. The van der Waals surface area contributed by atoms with Crippen molar-refractivity contribution in [1.29, 1.82) is 0 Å². The lowest BCUT2D eigenvalue weighted by Crippen LogP contribution is -2.24. The Morgan fingerprint density at radius 3 is 2.75 bits per heavy atom. The average molecular weight is 399 g/mol. The van der Waals surface area contributed by atoms with Gasteiger partial charge in [-0.25, -0.2) is 9.89 Å². The highest BCUT2D eigenvalue weighted by Gasteiger charge is 2.20. The van der Waals surface area contributed by atoms with Crippen LogP contribution in [0.3, 0.4) is 0 Å². The number of benzene rings is 2. The van der Waals surface area contributed by atoms with Gasteiger partial charge in [-0.05, 0) is 55.2 Å². The number of hydrogen-bond acceptors (Lipinski definition) is 5. The molecular weight excluding hydrogens is 380 g/mol. The third-order valence-corrected chi connectivity index (χ3v) is 5.33. The summed E-state index contributed by atoms with van der Waals surface area (Å²) in [5, 5.41) is 8.38. The molecule has 0 amide bonds. The number of nitrogens with one attached hydrogen (secondary N) is 1. The summed E-state index contributed by atoms with van der Waals surface area (Å²) in [6, 6.07) is 10.6. The van der Waals surface area contributed by atoms with E-state index in [9.17, 15) is 9.59 Å². The molecule has 0 radical (unpaired) electrons. The van der Waals surface area contributed by atoms with Gasteiger partial charge in [0, 0.05) is 11.8 Å². The fourth-order valence-corrected chi connectivity index (χ4v) is 3.42. The van der Waals surface area contributed by atoms with E-state index in [0.717, 1.165) is 29.5 Å². The number of H-pyrrole nitrogens is 1. The zero-order chi connectivity index (χ0) is 19.7. The van der Waals surface area contributed by atoms with Crippen LogP contribution in [0.4, 0.5) is 0 Å². The van der Waals surface area contributed by atoms with Gasteiger partial charge in [-0.1, -0.05) is 17.7 Å². The first kappa shape index (κ1) is 18.5. The highest BCUT2D eigenvalue weighted by Crippen LogP contribution is 2.28. The number of aromatic nitrogens is 2. The van der Waals surface area contributed by atoms with E-state index in [1.807, 2.05) is 18.2 Å². The number of fused-ring (bicyclic) bond motifs is 1. The third kappa shape index (κ3) is 3.60. The summed E-state index contributed by atoms with van der Waals surface area (Å²) in [7, 11) is 1.31. The Morgan fingerprint density at radius 2 is 2.04 bits per heavy atom. The number of halogens is 1. The van der Waals surface area contributed by atoms with E-state index < -0.39 is 5.97 Å². The second kappa shape index (κ2) is 7.64. The lowest BCUT2D eigenvalue weighted by atomic mass is 9.96. The summed E-state index contributed by atoms with van der Waals surface area (Å²) in [6.07, 6.45) is 3.96. The van der Waals surface area contributed by atoms with Crippen LogP contribution in [0.2, 0.25) is 5.02 Å². The van der Waals surface area contributed by atoms with Gasteiger partial charge in [-0.15, -0.1) is 0 Å². The first-order valence-electron chi connectivity index (χ1n) is 9.10. The summed E-state index contributed by atoms with van der Waals surface area (Å²) in [6.45, 7) is 0. The Hall–Kier alpha value is -2.86. The standard InChI is InChI=1S/C21H19ClN2O4/c1-27-21(26)17-9-12(5-8-18(17)22)10-19-16-11-14(28-13-3-2-4-13)6-7-15(16)20(25)24-23-19/h5-9,11,13H,2-4,10H2,1H3,(H,24,25). The Kier molecular flexibility index (Phi) is 5.05. The van der Waals surface area contributed by atoms with Crippen LogP contribution in [0.25, 0.3) is 10.8 Å². The van der Waals surface area contributed by atoms with E-state index in [-0.39, 0.29) is 11.7 Å². The number of nitrogens with zero attached hydrogens (tertiary/aromatic N) is 1. The number of carbonyl (C=O) groups is 1. The van der Waals surface area contributed by atoms with Crippen LogP contribution >= 0.6 is 11.6 Å². The zero-order valence-corrected chi connectivity index (χ0v) is 16.1. The smallest absolute Gasteiger partial charge is 0.339 e. The molecule has 2 aromatic carbocycles. The van der Waals surface area contributed by atoms with E-state index in [1.54, 1.807) is 18.2 Å². The van der Waals surface area contributed by atoms with Crippen LogP contribution in [0.1, 0.15) is 40.9 Å². The lowest BCUT2D eigenvalue weighted by Gasteiger charge is -2.26. The average Bonchev–Trinajstić information content (AvgIpc) is 2.67. The van der Waals surface area contributed by atoms with E-state index in [2.05, 4.69) is 10.2 Å². The van der Waals surface area contributed by atoms with Crippen molar-refractivity contribution in [1.82, 2.24) is 10.2 Å². The molecule has 1 N–H and O–H groups in total.